The molecule has 0 amide bonds. The van der Waals surface area contributed by atoms with Crippen LogP contribution in [-0.4, -0.2) is 60.5 Å². The molecule has 1 unspecified atom stereocenters. The van der Waals surface area contributed by atoms with Crippen LogP contribution in [0.2, 0.25) is 0 Å². The number of aromatic amines is 1. The fourth-order valence-corrected chi connectivity index (χ4v) is 4.70. The van der Waals surface area contributed by atoms with Gasteiger partial charge in [-0.15, -0.1) is 0 Å². The molecule has 162 valence electrons. The van der Waals surface area contributed by atoms with Crippen LogP contribution in [0, 0.1) is 0 Å². The van der Waals surface area contributed by atoms with E-state index in [4.69, 9.17) is 4.74 Å². The molecule has 2 aliphatic rings. The first-order chi connectivity index (χ1) is 15.2. The summed E-state index contributed by atoms with van der Waals surface area (Å²) >= 11 is 0. The van der Waals surface area contributed by atoms with Crippen LogP contribution in [-0.2, 0) is 11.3 Å². The van der Waals surface area contributed by atoms with Crippen LogP contribution < -0.4 is 10.5 Å². The summed E-state index contributed by atoms with van der Waals surface area (Å²) in [5, 5.41) is 11.6. The number of H-pyrrole nitrogens is 1. The second-order valence-corrected chi connectivity index (χ2v) is 8.57. The Morgan fingerprint density at radius 1 is 1.06 bits per heavy atom. The summed E-state index contributed by atoms with van der Waals surface area (Å²) < 4.78 is 5.47. The molecular weight excluding hydrogens is 390 g/mol. The Hall–Kier alpha value is -2.67. The van der Waals surface area contributed by atoms with Crippen molar-refractivity contribution < 1.29 is 9.84 Å². The summed E-state index contributed by atoms with van der Waals surface area (Å²) in [6.45, 7) is 5.77. The molecule has 6 nitrogen and oxygen atoms in total. The van der Waals surface area contributed by atoms with Crippen LogP contribution in [0.4, 0.5) is 5.69 Å². The number of hydrogen-bond acceptors (Lipinski definition) is 5. The van der Waals surface area contributed by atoms with E-state index in [-0.39, 0.29) is 11.7 Å². The quantitative estimate of drug-likeness (QED) is 0.681. The van der Waals surface area contributed by atoms with Crippen molar-refractivity contribution >= 4 is 16.5 Å². The summed E-state index contributed by atoms with van der Waals surface area (Å²) in [5.74, 6) is 0. The maximum absolute atomic E-state index is 13.0. The maximum Gasteiger partial charge on any atom is 0.256 e. The van der Waals surface area contributed by atoms with E-state index in [0.717, 1.165) is 74.6 Å². The number of piperidine rings is 1. The summed E-state index contributed by atoms with van der Waals surface area (Å²) in [5.41, 5.74) is 4.04. The van der Waals surface area contributed by atoms with E-state index in [0.29, 0.717) is 11.9 Å². The highest BCUT2D eigenvalue weighted by molar-refractivity contribution is 5.88. The Labute approximate surface area is 182 Å². The second-order valence-electron chi connectivity index (χ2n) is 8.57. The number of fused-ring (bicyclic) bond motifs is 1. The van der Waals surface area contributed by atoms with E-state index in [9.17, 15) is 9.90 Å². The van der Waals surface area contributed by atoms with Gasteiger partial charge in [-0.25, -0.2) is 0 Å². The highest BCUT2D eigenvalue weighted by atomic mass is 16.5. The number of aromatic nitrogens is 1. The van der Waals surface area contributed by atoms with Crippen LogP contribution in [0.5, 0.6) is 0 Å². The molecule has 2 aliphatic heterocycles. The van der Waals surface area contributed by atoms with Crippen molar-refractivity contribution in [3.63, 3.8) is 0 Å². The maximum atomic E-state index is 13.0. The van der Waals surface area contributed by atoms with Gasteiger partial charge in [-0.05, 0) is 42.0 Å². The molecule has 0 radical (unpaired) electrons. The Bertz CT molecular complexity index is 1120. The number of aliphatic hydroxyl groups is 1. The molecule has 3 aromatic rings. The smallest absolute Gasteiger partial charge is 0.256 e. The van der Waals surface area contributed by atoms with Crippen molar-refractivity contribution in [2.75, 3.05) is 44.3 Å². The van der Waals surface area contributed by atoms with Gasteiger partial charge >= 0.3 is 0 Å². The van der Waals surface area contributed by atoms with Crippen molar-refractivity contribution in [1.29, 1.82) is 0 Å². The number of ether oxygens (including phenoxy) is 1. The van der Waals surface area contributed by atoms with Gasteiger partial charge in [0, 0.05) is 55.1 Å². The monoisotopic (exact) mass is 419 g/mol. The number of aliphatic hydroxyl groups excluding tert-OH is 1. The van der Waals surface area contributed by atoms with E-state index < -0.39 is 0 Å². The summed E-state index contributed by atoms with van der Waals surface area (Å²) in [6.07, 6.45) is 1.51. The molecule has 2 N–H and O–H groups in total. The van der Waals surface area contributed by atoms with Crippen LogP contribution in [0.25, 0.3) is 22.0 Å². The number of β-amino-alcohol motifs (C(OH)–C–C–N with tert-alkyl or cyclic N) is 1. The molecule has 1 atom stereocenters. The van der Waals surface area contributed by atoms with E-state index in [1.54, 1.807) is 0 Å². The Balaban J connectivity index is 1.48. The highest BCUT2D eigenvalue weighted by Gasteiger charge is 2.19. The van der Waals surface area contributed by atoms with Crippen LogP contribution >= 0.6 is 0 Å². The fraction of sp³-hybridized carbons (Fsp3) is 0.400. The summed E-state index contributed by atoms with van der Waals surface area (Å²) in [6, 6.07) is 16.4. The molecule has 1 aromatic heterocycles. The number of benzene rings is 2. The molecule has 3 heterocycles. The van der Waals surface area contributed by atoms with Gasteiger partial charge in [0.25, 0.3) is 5.56 Å². The van der Waals surface area contributed by atoms with Crippen molar-refractivity contribution in [1.82, 2.24) is 9.88 Å². The Kier molecular flexibility index (Phi) is 5.76. The lowest BCUT2D eigenvalue weighted by Gasteiger charge is -2.32. The van der Waals surface area contributed by atoms with Gasteiger partial charge in [0.1, 0.15) is 0 Å². The minimum atomic E-state index is -0.298. The molecule has 5 rings (SSSR count). The highest BCUT2D eigenvalue weighted by Crippen LogP contribution is 2.28. The third-order valence-corrected chi connectivity index (χ3v) is 6.40. The molecule has 2 saturated heterocycles. The minimum Gasteiger partial charge on any atom is -0.391 e. The topological polar surface area (TPSA) is 68.8 Å². The third kappa shape index (κ3) is 4.37. The van der Waals surface area contributed by atoms with Gasteiger partial charge in [0.05, 0.1) is 19.3 Å². The zero-order valence-electron chi connectivity index (χ0n) is 17.7. The van der Waals surface area contributed by atoms with Gasteiger partial charge in [0.15, 0.2) is 0 Å². The zero-order valence-corrected chi connectivity index (χ0v) is 17.7. The number of anilines is 1. The van der Waals surface area contributed by atoms with Crippen LogP contribution in [0.15, 0.2) is 53.3 Å². The molecule has 0 aliphatic carbocycles. The number of rotatable bonds is 4. The van der Waals surface area contributed by atoms with Crippen molar-refractivity contribution in [3.8, 4) is 11.3 Å². The van der Waals surface area contributed by atoms with E-state index >= 15 is 0 Å². The van der Waals surface area contributed by atoms with E-state index in [1.807, 2.05) is 18.2 Å². The van der Waals surface area contributed by atoms with E-state index in [1.165, 1.54) is 5.56 Å². The molecule has 2 aromatic carbocycles. The first-order valence-electron chi connectivity index (χ1n) is 11.2. The molecule has 2 fully saturated rings. The Morgan fingerprint density at radius 2 is 1.90 bits per heavy atom. The molecule has 0 saturated carbocycles. The summed E-state index contributed by atoms with van der Waals surface area (Å²) in [4.78, 5) is 20.7. The van der Waals surface area contributed by atoms with Gasteiger partial charge < -0.3 is 19.7 Å². The Morgan fingerprint density at radius 3 is 2.74 bits per heavy atom. The third-order valence-electron chi connectivity index (χ3n) is 6.40. The van der Waals surface area contributed by atoms with Crippen molar-refractivity contribution in [3.05, 3.63) is 64.4 Å². The predicted molar refractivity (Wildman–Crippen MR) is 124 cm³/mol. The number of nitrogens with zero attached hydrogens (tertiary/aromatic N) is 2. The average molecular weight is 420 g/mol. The average Bonchev–Trinajstić information content (AvgIpc) is 2.80. The SMILES string of the molecule is O=c1[nH]c(-c2ccccc2CN2CCOCC2)cc2ccc(N3CCCC(O)C3)cc12. The van der Waals surface area contributed by atoms with Crippen LogP contribution in [0.1, 0.15) is 18.4 Å². The van der Waals surface area contributed by atoms with Crippen LogP contribution in [0.3, 0.4) is 0 Å². The first kappa shape index (κ1) is 20.2. The number of nitrogens with one attached hydrogen (secondary N) is 1. The van der Waals surface area contributed by atoms with Crippen molar-refractivity contribution in [2.45, 2.75) is 25.5 Å². The lowest BCUT2D eigenvalue weighted by molar-refractivity contribution is 0.0342. The predicted octanol–water partition coefficient (Wildman–Crippen LogP) is 2.99. The molecular formula is C25H29N3O3. The van der Waals surface area contributed by atoms with Crippen molar-refractivity contribution in [2.24, 2.45) is 0 Å². The lowest BCUT2D eigenvalue weighted by Crippen LogP contribution is -2.38. The molecule has 6 heteroatoms. The minimum absolute atomic E-state index is 0.0758. The van der Waals surface area contributed by atoms with Gasteiger partial charge in [-0.2, -0.15) is 0 Å². The fourth-order valence-electron chi connectivity index (χ4n) is 4.70. The molecule has 0 spiro atoms. The summed E-state index contributed by atoms with van der Waals surface area (Å²) in [7, 11) is 0. The van der Waals surface area contributed by atoms with Gasteiger partial charge in [-0.3, -0.25) is 9.69 Å². The van der Waals surface area contributed by atoms with Gasteiger partial charge in [-0.1, -0.05) is 30.3 Å². The zero-order chi connectivity index (χ0) is 21.2. The second kappa shape index (κ2) is 8.83. The number of morpholine rings is 1. The number of hydrogen-bond donors (Lipinski definition) is 2. The van der Waals surface area contributed by atoms with Gasteiger partial charge in [0.2, 0.25) is 0 Å². The largest absolute Gasteiger partial charge is 0.391 e. The lowest BCUT2D eigenvalue weighted by atomic mass is 10.0. The molecule has 31 heavy (non-hydrogen) atoms. The standard InChI is InChI=1S/C25H29N3O3/c29-21-5-3-9-28(17-21)20-8-7-18-14-24(26-25(30)23(18)15-20)22-6-2-1-4-19(22)16-27-10-12-31-13-11-27/h1-2,4,6-8,14-15,21,29H,3,5,9-13,16-17H2,(H,26,30). The van der Waals surface area contributed by atoms with E-state index in [2.05, 4.69) is 45.1 Å². The molecule has 0 bridgehead atoms. The number of pyridine rings is 1. The first-order valence-corrected chi connectivity index (χ1v) is 11.2. The normalized spacial score (nSPS) is 20.3.